The lowest BCUT2D eigenvalue weighted by Gasteiger charge is -2.16. The van der Waals surface area contributed by atoms with Crippen molar-refractivity contribution in [1.29, 1.82) is 0 Å². The summed E-state index contributed by atoms with van der Waals surface area (Å²) in [6.07, 6.45) is 1.53. The quantitative estimate of drug-likeness (QED) is 0.615. The van der Waals surface area contributed by atoms with Crippen LogP contribution in [-0.2, 0) is 12.8 Å². The molecule has 0 saturated heterocycles. The van der Waals surface area contributed by atoms with Gasteiger partial charge < -0.3 is 20.5 Å². The monoisotopic (exact) mass is 415 g/mol. The molecule has 3 aromatic rings. The van der Waals surface area contributed by atoms with Gasteiger partial charge in [0.05, 0.1) is 17.2 Å². The van der Waals surface area contributed by atoms with Crippen LogP contribution in [0.4, 0.5) is 11.4 Å². The number of carboxylic acid groups (broad SMARTS) is 1. The van der Waals surface area contributed by atoms with Gasteiger partial charge in [0.1, 0.15) is 0 Å². The Balaban J connectivity index is 1.91. The van der Waals surface area contributed by atoms with Crippen LogP contribution in [0, 0.1) is 0 Å². The second kappa shape index (κ2) is 9.71. The van der Waals surface area contributed by atoms with Gasteiger partial charge in [0.25, 0.3) is 11.8 Å². The molecule has 0 atom stereocenters. The summed E-state index contributed by atoms with van der Waals surface area (Å²) < 4.78 is 0. The number of anilines is 2. The lowest BCUT2D eigenvalue weighted by Crippen LogP contribution is -2.27. The minimum absolute atomic E-state index is 0.0395. The standard InChI is InChI=1S/C25H24N2O4/c1-3-16-10-9-11-17(4-2)22(16)27-24(29)20-14-7-8-15-21(20)26-23(28)18-12-5-6-13-19(18)25(30)31/h5-15H,3-4H2,1-2H3,(H,26,28)(H,27,29)(H,30,31)/p-1. The minimum atomic E-state index is -1.44. The zero-order valence-corrected chi connectivity index (χ0v) is 17.4. The normalized spacial score (nSPS) is 10.4. The maximum absolute atomic E-state index is 13.1. The van der Waals surface area contributed by atoms with Gasteiger partial charge in [-0.25, -0.2) is 0 Å². The van der Waals surface area contributed by atoms with Crippen molar-refractivity contribution in [1.82, 2.24) is 0 Å². The van der Waals surface area contributed by atoms with E-state index in [1.807, 2.05) is 32.0 Å². The van der Waals surface area contributed by atoms with Crippen LogP contribution in [0.2, 0.25) is 0 Å². The Labute approximate surface area is 180 Å². The van der Waals surface area contributed by atoms with Crippen LogP contribution in [0.3, 0.4) is 0 Å². The van der Waals surface area contributed by atoms with E-state index in [9.17, 15) is 19.5 Å². The third-order valence-corrected chi connectivity index (χ3v) is 5.05. The number of carbonyl (C=O) groups excluding carboxylic acids is 3. The Hall–Kier alpha value is -3.93. The van der Waals surface area contributed by atoms with E-state index in [2.05, 4.69) is 10.6 Å². The van der Waals surface area contributed by atoms with E-state index in [1.165, 1.54) is 18.2 Å². The molecule has 0 radical (unpaired) electrons. The van der Waals surface area contributed by atoms with Gasteiger partial charge >= 0.3 is 0 Å². The summed E-state index contributed by atoms with van der Waals surface area (Å²) in [7, 11) is 0. The number of aromatic carboxylic acids is 1. The minimum Gasteiger partial charge on any atom is -0.545 e. The van der Waals surface area contributed by atoms with Crippen LogP contribution in [0.5, 0.6) is 0 Å². The molecule has 2 amide bonds. The molecule has 6 nitrogen and oxygen atoms in total. The highest BCUT2D eigenvalue weighted by Crippen LogP contribution is 2.25. The van der Waals surface area contributed by atoms with Gasteiger partial charge in [-0.3, -0.25) is 9.59 Å². The van der Waals surface area contributed by atoms with Crippen LogP contribution in [0.1, 0.15) is 56.0 Å². The van der Waals surface area contributed by atoms with Crippen molar-refractivity contribution < 1.29 is 19.5 Å². The van der Waals surface area contributed by atoms with Crippen molar-refractivity contribution in [3.05, 3.63) is 94.5 Å². The predicted molar refractivity (Wildman–Crippen MR) is 118 cm³/mol. The first-order chi connectivity index (χ1) is 15.0. The fraction of sp³-hybridized carbons (Fsp3) is 0.160. The summed E-state index contributed by atoms with van der Waals surface area (Å²) in [5.41, 5.74) is 3.13. The van der Waals surface area contributed by atoms with E-state index in [4.69, 9.17) is 0 Å². The molecule has 31 heavy (non-hydrogen) atoms. The number of rotatable bonds is 7. The second-order valence-electron chi connectivity index (χ2n) is 6.95. The highest BCUT2D eigenvalue weighted by Gasteiger charge is 2.18. The van der Waals surface area contributed by atoms with Gasteiger partial charge in [0.2, 0.25) is 0 Å². The highest BCUT2D eigenvalue weighted by atomic mass is 16.4. The maximum atomic E-state index is 13.1. The predicted octanol–water partition coefficient (Wildman–Crippen LogP) is 3.68. The lowest BCUT2D eigenvalue weighted by atomic mass is 10.0. The number of carbonyl (C=O) groups is 3. The Morgan fingerprint density at radius 1 is 0.677 bits per heavy atom. The van der Waals surface area contributed by atoms with Crippen LogP contribution in [0.25, 0.3) is 0 Å². The molecule has 3 rings (SSSR count). The topological polar surface area (TPSA) is 98.3 Å². The molecule has 0 heterocycles. The number of hydrogen-bond donors (Lipinski definition) is 2. The summed E-state index contributed by atoms with van der Waals surface area (Å²) in [6, 6.07) is 18.3. The number of nitrogens with one attached hydrogen (secondary N) is 2. The first kappa shape index (κ1) is 21.8. The molecule has 0 spiro atoms. The van der Waals surface area contributed by atoms with Crippen molar-refractivity contribution in [3.63, 3.8) is 0 Å². The highest BCUT2D eigenvalue weighted by molar-refractivity contribution is 6.14. The van der Waals surface area contributed by atoms with Gasteiger partial charge in [0.15, 0.2) is 0 Å². The molecule has 0 aliphatic carbocycles. The third-order valence-electron chi connectivity index (χ3n) is 5.05. The van der Waals surface area contributed by atoms with E-state index in [0.29, 0.717) is 0 Å². The van der Waals surface area contributed by atoms with E-state index >= 15 is 0 Å². The molecule has 158 valence electrons. The summed E-state index contributed by atoms with van der Waals surface area (Å²) >= 11 is 0. The average molecular weight is 415 g/mol. The van der Waals surface area contributed by atoms with E-state index in [1.54, 1.807) is 30.3 Å². The average Bonchev–Trinajstić information content (AvgIpc) is 2.79. The molecule has 0 saturated carbocycles. The Morgan fingerprint density at radius 2 is 1.19 bits per heavy atom. The summed E-state index contributed by atoms with van der Waals surface area (Å²) in [4.78, 5) is 37.2. The molecular formula is C25H23N2O4-. The number of amides is 2. The smallest absolute Gasteiger partial charge is 0.257 e. The maximum Gasteiger partial charge on any atom is 0.257 e. The number of aryl methyl sites for hydroxylation is 2. The first-order valence-electron chi connectivity index (χ1n) is 10.1. The summed E-state index contributed by atoms with van der Waals surface area (Å²) in [6.45, 7) is 4.04. The Kier molecular flexibility index (Phi) is 6.82. The fourth-order valence-electron chi connectivity index (χ4n) is 3.42. The van der Waals surface area contributed by atoms with Crippen LogP contribution >= 0.6 is 0 Å². The van der Waals surface area contributed by atoms with Gasteiger partial charge in [-0.15, -0.1) is 0 Å². The summed E-state index contributed by atoms with van der Waals surface area (Å²) in [5.74, 6) is -2.44. The van der Waals surface area contributed by atoms with Crippen molar-refractivity contribution in [2.45, 2.75) is 26.7 Å². The van der Waals surface area contributed by atoms with Gasteiger partial charge in [-0.2, -0.15) is 0 Å². The molecule has 0 aliphatic rings. The van der Waals surface area contributed by atoms with Crippen molar-refractivity contribution in [2.75, 3.05) is 10.6 Å². The molecule has 6 heteroatoms. The third kappa shape index (κ3) is 4.80. The van der Waals surface area contributed by atoms with Crippen LogP contribution in [0.15, 0.2) is 66.7 Å². The molecule has 0 aliphatic heterocycles. The molecular weight excluding hydrogens is 392 g/mol. The van der Waals surface area contributed by atoms with Crippen LogP contribution in [-0.4, -0.2) is 17.8 Å². The molecule has 0 aromatic heterocycles. The Bertz CT molecular complexity index is 1120. The number of benzene rings is 3. The van der Waals surface area contributed by atoms with Crippen LogP contribution < -0.4 is 15.7 Å². The molecule has 3 aromatic carbocycles. The molecule has 0 bridgehead atoms. The number of para-hydroxylation sites is 2. The van der Waals surface area contributed by atoms with Crippen molar-refractivity contribution in [2.24, 2.45) is 0 Å². The van der Waals surface area contributed by atoms with E-state index < -0.39 is 11.9 Å². The SMILES string of the molecule is CCc1cccc(CC)c1NC(=O)c1ccccc1NC(=O)c1ccccc1C(=O)[O-]. The summed E-state index contributed by atoms with van der Waals surface area (Å²) in [5, 5.41) is 17.0. The lowest BCUT2D eigenvalue weighted by molar-refractivity contribution is -0.255. The van der Waals surface area contributed by atoms with Crippen molar-refractivity contribution in [3.8, 4) is 0 Å². The Morgan fingerprint density at radius 3 is 1.77 bits per heavy atom. The van der Waals surface area contributed by atoms with Gasteiger partial charge in [-0.05, 0) is 42.2 Å². The number of hydrogen-bond acceptors (Lipinski definition) is 4. The van der Waals surface area contributed by atoms with E-state index in [-0.39, 0.29) is 28.3 Å². The zero-order valence-electron chi connectivity index (χ0n) is 17.4. The molecule has 2 N–H and O–H groups in total. The van der Waals surface area contributed by atoms with Gasteiger partial charge in [0, 0.05) is 16.8 Å². The largest absolute Gasteiger partial charge is 0.545 e. The zero-order chi connectivity index (χ0) is 22.4. The second-order valence-corrected chi connectivity index (χ2v) is 6.95. The van der Waals surface area contributed by atoms with Gasteiger partial charge in [-0.1, -0.05) is 62.4 Å². The first-order valence-corrected chi connectivity index (χ1v) is 10.1. The molecule has 0 fully saturated rings. The van der Waals surface area contributed by atoms with Crippen molar-refractivity contribution >= 4 is 29.2 Å². The number of carboxylic acids is 1. The van der Waals surface area contributed by atoms with E-state index in [0.717, 1.165) is 29.7 Å². The molecule has 0 unspecified atom stereocenters. The fourth-order valence-corrected chi connectivity index (χ4v) is 3.42.